The molecule has 4 nitrogen and oxygen atoms in total. The molecule has 0 aliphatic carbocycles. The number of carbonyl (C=O) groups is 1. The Morgan fingerprint density at radius 2 is 2.12 bits per heavy atom. The van der Waals surface area contributed by atoms with Gasteiger partial charge in [0.25, 0.3) is 5.91 Å². The minimum atomic E-state index is -0.534. The number of nitrogens with zero attached hydrogens (tertiary/aromatic N) is 1. The van der Waals surface area contributed by atoms with Crippen molar-refractivity contribution < 1.29 is 13.9 Å². The van der Waals surface area contributed by atoms with Crippen molar-refractivity contribution >= 4 is 5.91 Å². The van der Waals surface area contributed by atoms with Crippen LogP contribution in [-0.2, 0) is 0 Å². The van der Waals surface area contributed by atoms with E-state index in [1.165, 1.54) is 19.2 Å². The third kappa shape index (κ3) is 2.55. The summed E-state index contributed by atoms with van der Waals surface area (Å²) in [7, 11) is 1.46. The van der Waals surface area contributed by atoms with Gasteiger partial charge in [-0.3, -0.25) is 4.79 Å². The molecule has 1 fully saturated rings. The lowest BCUT2D eigenvalue weighted by Gasteiger charge is -2.27. The van der Waals surface area contributed by atoms with Gasteiger partial charge in [0.15, 0.2) is 0 Å². The van der Waals surface area contributed by atoms with Gasteiger partial charge in [0.1, 0.15) is 11.6 Å². The predicted octanol–water partition coefficient (Wildman–Crippen LogP) is 0.880. The van der Waals surface area contributed by atoms with E-state index in [0.717, 1.165) is 13.1 Å². The summed E-state index contributed by atoms with van der Waals surface area (Å²) in [5.41, 5.74) is 0.104. The molecule has 0 atom stereocenters. The Bertz CT molecular complexity index is 417. The van der Waals surface area contributed by atoms with Crippen LogP contribution >= 0.6 is 0 Å². The Morgan fingerprint density at radius 1 is 1.41 bits per heavy atom. The van der Waals surface area contributed by atoms with E-state index in [1.807, 2.05) is 0 Å². The number of benzene rings is 1. The molecule has 17 heavy (non-hydrogen) atoms. The van der Waals surface area contributed by atoms with Crippen molar-refractivity contribution in [3.05, 3.63) is 29.6 Å². The van der Waals surface area contributed by atoms with Gasteiger partial charge in [-0.15, -0.1) is 0 Å². The van der Waals surface area contributed by atoms with Crippen LogP contribution in [0.4, 0.5) is 4.39 Å². The molecule has 1 aromatic rings. The first-order valence-electron chi connectivity index (χ1n) is 5.56. The lowest BCUT2D eigenvalue weighted by atomic mass is 10.1. The van der Waals surface area contributed by atoms with Crippen LogP contribution in [0.15, 0.2) is 18.2 Å². The van der Waals surface area contributed by atoms with Crippen LogP contribution < -0.4 is 10.1 Å². The number of ether oxygens (including phenoxy) is 1. The number of halogens is 1. The van der Waals surface area contributed by atoms with Crippen molar-refractivity contribution in [2.75, 3.05) is 33.3 Å². The number of piperazine rings is 1. The normalized spacial score (nSPS) is 15.8. The van der Waals surface area contributed by atoms with Crippen LogP contribution in [0.2, 0.25) is 0 Å². The van der Waals surface area contributed by atoms with Gasteiger partial charge < -0.3 is 15.0 Å². The summed E-state index contributed by atoms with van der Waals surface area (Å²) in [5, 5.41) is 3.15. The van der Waals surface area contributed by atoms with E-state index < -0.39 is 5.82 Å². The average Bonchev–Trinajstić information content (AvgIpc) is 2.39. The molecule has 1 saturated heterocycles. The second-order valence-electron chi connectivity index (χ2n) is 3.89. The first kappa shape index (κ1) is 11.9. The summed E-state index contributed by atoms with van der Waals surface area (Å²) >= 11 is 0. The molecule has 0 unspecified atom stereocenters. The van der Waals surface area contributed by atoms with Gasteiger partial charge in [0, 0.05) is 32.2 Å². The first-order valence-corrected chi connectivity index (χ1v) is 5.56. The lowest BCUT2D eigenvalue weighted by Crippen LogP contribution is -2.46. The van der Waals surface area contributed by atoms with E-state index in [9.17, 15) is 9.18 Å². The highest BCUT2D eigenvalue weighted by atomic mass is 19.1. The Kier molecular flexibility index (Phi) is 3.58. The topological polar surface area (TPSA) is 41.6 Å². The van der Waals surface area contributed by atoms with Crippen LogP contribution in [0.25, 0.3) is 0 Å². The SMILES string of the molecule is COc1ccc(C(=O)N2CCNCC2)c(F)c1. The van der Waals surface area contributed by atoms with Gasteiger partial charge in [-0.05, 0) is 12.1 Å². The fraction of sp³-hybridized carbons (Fsp3) is 0.417. The molecule has 1 aliphatic rings. The summed E-state index contributed by atoms with van der Waals surface area (Å²) in [4.78, 5) is 13.7. The summed E-state index contributed by atoms with van der Waals surface area (Å²) in [5.74, 6) is -0.376. The molecule has 92 valence electrons. The number of hydrogen-bond donors (Lipinski definition) is 1. The lowest BCUT2D eigenvalue weighted by molar-refractivity contribution is 0.0731. The quantitative estimate of drug-likeness (QED) is 0.831. The smallest absolute Gasteiger partial charge is 0.256 e. The van der Waals surface area contributed by atoms with Crippen molar-refractivity contribution in [1.82, 2.24) is 10.2 Å². The van der Waals surface area contributed by atoms with E-state index in [2.05, 4.69) is 5.32 Å². The van der Waals surface area contributed by atoms with E-state index in [0.29, 0.717) is 18.8 Å². The molecule has 2 rings (SSSR count). The molecule has 0 spiro atoms. The Balaban J connectivity index is 2.18. The van der Waals surface area contributed by atoms with Gasteiger partial charge in [-0.1, -0.05) is 0 Å². The van der Waals surface area contributed by atoms with Crippen molar-refractivity contribution in [2.24, 2.45) is 0 Å². The molecule has 1 aromatic carbocycles. The maximum atomic E-state index is 13.7. The summed E-state index contributed by atoms with van der Waals surface area (Å²) in [6, 6.07) is 4.30. The number of amides is 1. The third-order valence-corrected chi connectivity index (χ3v) is 2.81. The molecule has 0 saturated carbocycles. The molecule has 5 heteroatoms. The zero-order valence-corrected chi connectivity index (χ0v) is 9.70. The van der Waals surface area contributed by atoms with E-state index in [1.54, 1.807) is 11.0 Å². The van der Waals surface area contributed by atoms with Crippen LogP contribution in [0.3, 0.4) is 0 Å². The minimum Gasteiger partial charge on any atom is -0.497 e. The number of methoxy groups -OCH3 is 1. The molecule has 0 radical (unpaired) electrons. The molecule has 1 amide bonds. The van der Waals surface area contributed by atoms with Crippen molar-refractivity contribution in [3.63, 3.8) is 0 Å². The largest absolute Gasteiger partial charge is 0.497 e. The molecular formula is C12H15FN2O2. The number of hydrogen-bond acceptors (Lipinski definition) is 3. The Labute approximate surface area is 99.4 Å². The standard InChI is InChI=1S/C12H15FN2O2/c1-17-9-2-3-10(11(13)8-9)12(16)15-6-4-14-5-7-15/h2-3,8,14H,4-7H2,1H3. The average molecular weight is 238 g/mol. The van der Waals surface area contributed by atoms with Gasteiger partial charge in [0.2, 0.25) is 0 Å². The fourth-order valence-electron chi connectivity index (χ4n) is 1.83. The Hall–Kier alpha value is -1.62. The molecule has 1 heterocycles. The summed E-state index contributed by atoms with van der Waals surface area (Å²) in [6.07, 6.45) is 0. The zero-order chi connectivity index (χ0) is 12.3. The van der Waals surface area contributed by atoms with Gasteiger partial charge in [-0.25, -0.2) is 4.39 Å². The Morgan fingerprint density at radius 3 is 2.71 bits per heavy atom. The third-order valence-electron chi connectivity index (χ3n) is 2.81. The highest BCUT2D eigenvalue weighted by molar-refractivity contribution is 5.94. The van der Waals surface area contributed by atoms with Crippen LogP contribution in [0.1, 0.15) is 10.4 Å². The van der Waals surface area contributed by atoms with Gasteiger partial charge in [0.05, 0.1) is 12.7 Å². The van der Waals surface area contributed by atoms with Crippen LogP contribution in [0.5, 0.6) is 5.75 Å². The van der Waals surface area contributed by atoms with Gasteiger partial charge >= 0.3 is 0 Å². The molecule has 1 N–H and O–H groups in total. The van der Waals surface area contributed by atoms with Crippen LogP contribution in [0, 0.1) is 5.82 Å². The van der Waals surface area contributed by atoms with Crippen molar-refractivity contribution in [1.29, 1.82) is 0 Å². The highest BCUT2D eigenvalue weighted by Crippen LogP contribution is 2.17. The van der Waals surface area contributed by atoms with E-state index >= 15 is 0 Å². The molecule has 1 aliphatic heterocycles. The predicted molar refractivity (Wildman–Crippen MR) is 61.7 cm³/mol. The fourth-order valence-corrected chi connectivity index (χ4v) is 1.83. The molecular weight excluding hydrogens is 223 g/mol. The number of carbonyl (C=O) groups excluding carboxylic acids is 1. The second kappa shape index (κ2) is 5.14. The summed E-state index contributed by atoms with van der Waals surface area (Å²) in [6.45, 7) is 2.74. The van der Waals surface area contributed by atoms with Crippen molar-refractivity contribution in [2.45, 2.75) is 0 Å². The number of nitrogens with one attached hydrogen (secondary N) is 1. The zero-order valence-electron chi connectivity index (χ0n) is 9.70. The minimum absolute atomic E-state index is 0.104. The number of rotatable bonds is 2. The van der Waals surface area contributed by atoms with E-state index in [-0.39, 0.29) is 11.5 Å². The molecule has 0 bridgehead atoms. The first-order chi connectivity index (χ1) is 8.22. The second-order valence-corrected chi connectivity index (χ2v) is 3.89. The maximum Gasteiger partial charge on any atom is 0.256 e. The maximum absolute atomic E-state index is 13.7. The van der Waals surface area contributed by atoms with Crippen molar-refractivity contribution in [3.8, 4) is 5.75 Å². The van der Waals surface area contributed by atoms with E-state index in [4.69, 9.17) is 4.74 Å². The monoisotopic (exact) mass is 238 g/mol. The van der Waals surface area contributed by atoms with Gasteiger partial charge in [-0.2, -0.15) is 0 Å². The summed E-state index contributed by atoms with van der Waals surface area (Å²) < 4.78 is 18.6. The molecule has 0 aromatic heterocycles. The highest BCUT2D eigenvalue weighted by Gasteiger charge is 2.20. The van der Waals surface area contributed by atoms with Crippen LogP contribution in [-0.4, -0.2) is 44.1 Å².